The molecule has 1 amide bonds. The van der Waals surface area contributed by atoms with E-state index in [9.17, 15) is 14.9 Å². The summed E-state index contributed by atoms with van der Waals surface area (Å²) in [5.41, 5.74) is 0.126. The number of nitro groups is 1. The third-order valence-electron chi connectivity index (χ3n) is 3.55. The van der Waals surface area contributed by atoms with Crippen LogP contribution in [0.3, 0.4) is 0 Å². The molecule has 1 aliphatic rings. The van der Waals surface area contributed by atoms with Crippen molar-refractivity contribution < 1.29 is 14.5 Å². The van der Waals surface area contributed by atoms with Gasteiger partial charge in [-0.2, -0.15) is 5.26 Å². The Morgan fingerprint density at radius 3 is 2.79 bits per heavy atom. The molecule has 0 radical (unpaired) electrons. The first-order valence-corrected chi connectivity index (χ1v) is 7.62. The minimum Gasteiger partial charge on any atom is -0.444 e. The maximum absolute atomic E-state index is 11.8. The number of rotatable bonds is 3. The number of amides is 1. The molecule has 0 unspecified atom stereocenters. The molecule has 1 fully saturated rings. The van der Waals surface area contributed by atoms with Crippen LogP contribution in [-0.2, 0) is 4.74 Å². The van der Waals surface area contributed by atoms with Gasteiger partial charge in [0, 0.05) is 19.2 Å². The van der Waals surface area contributed by atoms with Gasteiger partial charge in [0.1, 0.15) is 11.3 Å². The lowest BCUT2D eigenvalue weighted by Crippen LogP contribution is -2.40. The lowest BCUT2D eigenvalue weighted by molar-refractivity contribution is -0.384. The highest BCUT2D eigenvalue weighted by Crippen LogP contribution is 2.31. The Morgan fingerprint density at radius 2 is 2.21 bits per heavy atom. The summed E-state index contributed by atoms with van der Waals surface area (Å²) in [5, 5.41) is 23.0. The molecular formula is C16H20N4O4. The van der Waals surface area contributed by atoms with Gasteiger partial charge in [-0.15, -0.1) is 0 Å². The van der Waals surface area contributed by atoms with Crippen LogP contribution in [0.5, 0.6) is 0 Å². The van der Waals surface area contributed by atoms with Crippen LogP contribution in [0.1, 0.15) is 32.8 Å². The summed E-state index contributed by atoms with van der Waals surface area (Å²) in [6, 6.07) is 6.09. The molecule has 1 aromatic carbocycles. The predicted octanol–water partition coefficient (Wildman–Crippen LogP) is 2.57. The number of alkyl carbamates (subject to hydrolysis) is 1. The first-order chi connectivity index (χ1) is 11.2. The average Bonchev–Trinajstić information content (AvgIpc) is 2.92. The van der Waals surface area contributed by atoms with Gasteiger partial charge in [0.2, 0.25) is 0 Å². The Balaban J connectivity index is 2.09. The summed E-state index contributed by atoms with van der Waals surface area (Å²) >= 11 is 0. The van der Waals surface area contributed by atoms with Gasteiger partial charge in [-0.25, -0.2) is 4.79 Å². The molecule has 0 aromatic heterocycles. The molecule has 1 aromatic rings. The molecule has 8 heteroatoms. The molecule has 24 heavy (non-hydrogen) atoms. The van der Waals surface area contributed by atoms with E-state index in [2.05, 4.69) is 5.32 Å². The lowest BCUT2D eigenvalue weighted by Gasteiger charge is -2.22. The second-order valence-electron chi connectivity index (χ2n) is 6.65. The van der Waals surface area contributed by atoms with Crippen molar-refractivity contribution in [3.63, 3.8) is 0 Å². The summed E-state index contributed by atoms with van der Waals surface area (Å²) in [7, 11) is 0. The van der Waals surface area contributed by atoms with Crippen molar-refractivity contribution in [1.29, 1.82) is 5.26 Å². The lowest BCUT2D eigenvalue weighted by atomic mass is 10.1. The zero-order valence-corrected chi connectivity index (χ0v) is 13.9. The van der Waals surface area contributed by atoms with Gasteiger partial charge in [0.15, 0.2) is 0 Å². The largest absolute Gasteiger partial charge is 0.444 e. The Morgan fingerprint density at radius 1 is 1.50 bits per heavy atom. The maximum Gasteiger partial charge on any atom is 0.407 e. The fourth-order valence-electron chi connectivity index (χ4n) is 2.57. The van der Waals surface area contributed by atoms with Gasteiger partial charge in [-0.3, -0.25) is 10.1 Å². The van der Waals surface area contributed by atoms with E-state index in [0.717, 1.165) is 0 Å². The van der Waals surface area contributed by atoms with Crippen LogP contribution in [0.2, 0.25) is 0 Å². The molecule has 1 atom stereocenters. The molecule has 0 spiro atoms. The molecule has 1 saturated heterocycles. The number of nitriles is 1. The van der Waals surface area contributed by atoms with E-state index in [1.807, 2.05) is 6.07 Å². The summed E-state index contributed by atoms with van der Waals surface area (Å²) in [6.07, 6.45) is 0.141. The molecule has 2 rings (SSSR count). The van der Waals surface area contributed by atoms with E-state index in [-0.39, 0.29) is 11.7 Å². The highest BCUT2D eigenvalue weighted by Gasteiger charge is 2.29. The van der Waals surface area contributed by atoms with E-state index in [0.29, 0.717) is 30.8 Å². The van der Waals surface area contributed by atoms with Crippen molar-refractivity contribution >= 4 is 17.5 Å². The number of benzene rings is 1. The molecule has 0 saturated carbocycles. The highest BCUT2D eigenvalue weighted by atomic mass is 16.6. The van der Waals surface area contributed by atoms with E-state index in [1.165, 1.54) is 18.2 Å². The molecule has 1 N–H and O–H groups in total. The topological polar surface area (TPSA) is 108 Å². The molecule has 1 heterocycles. The van der Waals surface area contributed by atoms with Gasteiger partial charge in [-0.1, -0.05) is 0 Å². The van der Waals surface area contributed by atoms with Crippen molar-refractivity contribution in [1.82, 2.24) is 5.32 Å². The highest BCUT2D eigenvalue weighted by molar-refractivity contribution is 5.69. The van der Waals surface area contributed by atoms with Crippen LogP contribution in [0.15, 0.2) is 18.2 Å². The molecule has 0 bridgehead atoms. The van der Waals surface area contributed by atoms with Crippen molar-refractivity contribution in [2.75, 3.05) is 18.0 Å². The van der Waals surface area contributed by atoms with Crippen LogP contribution < -0.4 is 10.2 Å². The predicted molar refractivity (Wildman–Crippen MR) is 87.8 cm³/mol. The van der Waals surface area contributed by atoms with Gasteiger partial charge in [0.25, 0.3) is 5.69 Å². The number of hydrogen-bond acceptors (Lipinski definition) is 6. The Labute approximate surface area is 140 Å². The number of carbonyl (C=O) groups excluding carboxylic acids is 1. The number of nitrogens with zero attached hydrogens (tertiary/aromatic N) is 3. The number of anilines is 1. The Kier molecular flexibility index (Phi) is 4.93. The normalized spacial score (nSPS) is 17.2. The smallest absolute Gasteiger partial charge is 0.407 e. The Hall–Kier alpha value is -2.82. The van der Waals surface area contributed by atoms with Gasteiger partial charge < -0.3 is 15.0 Å². The molecule has 0 aliphatic carbocycles. The Bertz CT molecular complexity index is 690. The number of ether oxygens (including phenoxy) is 1. The number of hydrogen-bond donors (Lipinski definition) is 1. The van der Waals surface area contributed by atoms with Crippen LogP contribution in [0.4, 0.5) is 16.2 Å². The van der Waals surface area contributed by atoms with Gasteiger partial charge in [0.05, 0.1) is 22.6 Å². The summed E-state index contributed by atoms with van der Waals surface area (Å²) in [5.74, 6) is 0. The average molecular weight is 332 g/mol. The monoisotopic (exact) mass is 332 g/mol. The quantitative estimate of drug-likeness (QED) is 0.673. The zero-order chi connectivity index (χ0) is 17.9. The van der Waals surface area contributed by atoms with Gasteiger partial charge in [-0.05, 0) is 39.3 Å². The third kappa shape index (κ3) is 4.35. The maximum atomic E-state index is 11.8. The second kappa shape index (κ2) is 6.74. The second-order valence-corrected chi connectivity index (χ2v) is 6.65. The molecule has 8 nitrogen and oxygen atoms in total. The summed E-state index contributed by atoms with van der Waals surface area (Å²) < 4.78 is 5.22. The molecule has 128 valence electrons. The first kappa shape index (κ1) is 17.5. The van der Waals surface area contributed by atoms with Crippen LogP contribution in [-0.4, -0.2) is 35.7 Å². The van der Waals surface area contributed by atoms with Crippen LogP contribution in [0, 0.1) is 21.4 Å². The van der Waals surface area contributed by atoms with Crippen molar-refractivity contribution in [3.8, 4) is 6.07 Å². The zero-order valence-electron chi connectivity index (χ0n) is 13.9. The van der Waals surface area contributed by atoms with Crippen molar-refractivity contribution in [2.24, 2.45) is 0 Å². The summed E-state index contributed by atoms with van der Waals surface area (Å²) in [4.78, 5) is 24.4. The SMILES string of the molecule is CC(C)(C)OC(=O)N[C@@H]1CCN(c2cc(C#N)ccc2[N+](=O)[O-])C1. The standard InChI is InChI=1S/C16H20N4O4/c1-16(2,3)24-15(21)18-12-6-7-19(10-12)14-8-11(9-17)4-5-13(14)20(22)23/h4-5,8,12H,6-7,10H2,1-3H3,(H,18,21)/t12-/m1/s1. The van der Waals surface area contributed by atoms with Crippen molar-refractivity contribution in [3.05, 3.63) is 33.9 Å². The minimum absolute atomic E-state index is 0.0491. The third-order valence-corrected chi connectivity index (χ3v) is 3.55. The summed E-state index contributed by atoms with van der Waals surface area (Å²) in [6.45, 7) is 6.32. The van der Waals surface area contributed by atoms with E-state index >= 15 is 0 Å². The minimum atomic E-state index is -0.581. The fraction of sp³-hybridized carbons (Fsp3) is 0.500. The van der Waals surface area contributed by atoms with Crippen molar-refractivity contribution in [2.45, 2.75) is 38.8 Å². The van der Waals surface area contributed by atoms with Gasteiger partial charge >= 0.3 is 6.09 Å². The van der Waals surface area contributed by atoms with E-state index < -0.39 is 16.6 Å². The number of carbonyl (C=O) groups is 1. The fourth-order valence-corrected chi connectivity index (χ4v) is 2.57. The number of nitro benzene ring substituents is 1. The van der Waals surface area contributed by atoms with E-state index in [1.54, 1.807) is 25.7 Å². The van der Waals surface area contributed by atoms with E-state index in [4.69, 9.17) is 10.00 Å². The first-order valence-electron chi connectivity index (χ1n) is 7.62. The van der Waals surface area contributed by atoms with Crippen LogP contribution >= 0.6 is 0 Å². The molecular weight excluding hydrogens is 312 g/mol. The molecule has 1 aliphatic heterocycles. The number of nitrogens with one attached hydrogen (secondary N) is 1. The van der Waals surface area contributed by atoms with Crippen LogP contribution in [0.25, 0.3) is 0 Å².